The summed E-state index contributed by atoms with van der Waals surface area (Å²) in [7, 11) is 0. The van der Waals surface area contributed by atoms with Crippen LogP contribution in [0.1, 0.15) is 11.1 Å². The fourth-order valence-corrected chi connectivity index (χ4v) is 2.01. The van der Waals surface area contributed by atoms with Gasteiger partial charge in [-0.15, -0.1) is 0 Å². The minimum Gasteiger partial charge on any atom is -0.374 e. The standard InChI is InChI=1S/C13H17N3O/c14-7-11-1-3-12(4-2-11)9-16-5-6-17-13(8-15)10-16/h1-4,13H,5-6,8-10,15H2/t13-/m0/s1. The summed E-state index contributed by atoms with van der Waals surface area (Å²) in [6.45, 7) is 4.04. The molecule has 0 radical (unpaired) electrons. The van der Waals surface area contributed by atoms with Crippen molar-refractivity contribution in [3.8, 4) is 6.07 Å². The molecule has 0 amide bonds. The minimum absolute atomic E-state index is 0.155. The summed E-state index contributed by atoms with van der Waals surface area (Å²) in [4.78, 5) is 2.34. The fourth-order valence-electron chi connectivity index (χ4n) is 2.01. The highest BCUT2D eigenvalue weighted by Gasteiger charge is 2.18. The van der Waals surface area contributed by atoms with Gasteiger partial charge in [-0.05, 0) is 17.7 Å². The van der Waals surface area contributed by atoms with Gasteiger partial charge in [0.25, 0.3) is 0 Å². The summed E-state index contributed by atoms with van der Waals surface area (Å²) in [5, 5.41) is 8.73. The molecule has 1 fully saturated rings. The molecule has 17 heavy (non-hydrogen) atoms. The number of nitriles is 1. The molecule has 4 nitrogen and oxygen atoms in total. The summed E-state index contributed by atoms with van der Waals surface area (Å²) in [5.41, 5.74) is 7.54. The summed E-state index contributed by atoms with van der Waals surface area (Å²) in [6, 6.07) is 9.85. The predicted molar refractivity (Wildman–Crippen MR) is 65.2 cm³/mol. The lowest BCUT2D eigenvalue weighted by molar-refractivity contribution is -0.0260. The van der Waals surface area contributed by atoms with Gasteiger partial charge in [-0.25, -0.2) is 0 Å². The molecule has 1 heterocycles. The molecule has 0 bridgehead atoms. The largest absolute Gasteiger partial charge is 0.374 e. The summed E-state index contributed by atoms with van der Waals surface area (Å²) in [6.07, 6.45) is 0.155. The average Bonchev–Trinajstić information content (AvgIpc) is 2.40. The summed E-state index contributed by atoms with van der Waals surface area (Å²) >= 11 is 0. The van der Waals surface area contributed by atoms with Gasteiger partial charge in [-0.1, -0.05) is 12.1 Å². The number of hydrogen-bond acceptors (Lipinski definition) is 4. The third-order valence-corrected chi connectivity index (χ3v) is 2.98. The van der Waals surface area contributed by atoms with Crippen LogP contribution in [0.5, 0.6) is 0 Å². The van der Waals surface area contributed by atoms with Crippen molar-refractivity contribution in [3.05, 3.63) is 35.4 Å². The molecule has 2 N–H and O–H groups in total. The van der Waals surface area contributed by atoms with Crippen molar-refractivity contribution < 1.29 is 4.74 Å². The van der Waals surface area contributed by atoms with Gasteiger partial charge in [-0.3, -0.25) is 4.90 Å². The summed E-state index contributed by atoms with van der Waals surface area (Å²) < 4.78 is 5.52. The number of benzene rings is 1. The highest BCUT2D eigenvalue weighted by molar-refractivity contribution is 5.31. The second kappa shape index (κ2) is 5.78. The third kappa shape index (κ3) is 3.27. The van der Waals surface area contributed by atoms with E-state index >= 15 is 0 Å². The molecule has 0 spiro atoms. The van der Waals surface area contributed by atoms with Crippen LogP contribution >= 0.6 is 0 Å². The molecule has 0 aliphatic carbocycles. The Balaban J connectivity index is 1.93. The van der Waals surface area contributed by atoms with E-state index in [2.05, 4.69) is 11.0 Å². The second-order valence-electron chi connectivity index (χ2n) is 4.27. The highest BCUT2D eigenvalue weighted by atomic mass is 16.5. The van der Waals surface area contributed by atoms with Gasteiger partial charge in [-0.2, -0.15) is 5.26 Å². The lowest BCUT2D eigenvalue weighted by Gasteiger charge is -2.32. The molecule has 1 aromatic carbocycles. The Kier molecular flexibility index (Phi) is 4.10. The minimum atomic E-state index is 0.155. The van der Waals surface area contributed by atoms with Crippen LogP contribution in [0.2, 0.25) is 0 Å². The zero-order chi connectivity index (χ0) is 12.1. The molecule has 2 rings (SSSR count). The van der Waals surface area contributed by atoms with Crippen molar-refractivity contribution in [3.63, 3.8) is 0 Å². The van der Waals surface area contributed by atoms with Crippen LogP contribution in [0.25, 0.3) is 0 Å². The van der Waals surface area contributed by atoms with Crippen molar-refractivity contribution in [1.82, 2.24) is 4.90 Å². The first-order chi connectivity index (χ1) is 8.31. The predicted octanol–water partition coefficient (Wildman–Crippen LogP) is 0.718. The number of hydrogen-bond donors (Lipinski definition) is 1. The van der Waals surface area contributed by atoms with Crippen molar-refractivity contribution in [1.29, 1.82) is 5.26 Å². The topological polar surface area (TPSA) is 62.3 Å². The van der Waals surface area contributed by atoms with Gasteiger partial charge >= 0.3 is 0 Å². The van der Waals surface area contributed by atoms with Crippen LogP contribution in [0.15, 0.2) is 24.3 Å². The van der Waals surface area contributed by atoms with E-state index in [1.54, 1.807) is 0 Å². The molecule has 0 aromatic heterocycles. The van der Waals surface area contributed by atoms with Crippen LogP contribution in [0.4, 0.5) is 0 Å². The SMILES string of the molecule is N#Cc1ccc(CN2CCO[C@@H](CN)C2)cc1. The molecule has 0 saturated carbocycles. The first kappa shape index (κ1) is 12.1. The van der Waals surface area contributed by atoms with E-state index in [4.69, 9.17) is 15.7 Å². The Morgan fingerprint density at radius 2 is 2.18 bits per heavy atom. The first-order valence-corrected chi connectivity index (χ1v) is 5.85. The molecule has 1 aromatic rings. The van der Waals surface area contributed by atoms with Crippen molar-refractivity contribution >= 4 is 0 Å². The van der Waals surface area contributed by atoms with E-state index in [-0.39, 0.29) is 6.10 Å². The number of ether oxygens (including phenoxy) is 1. The second-order valence-corrected chi connectivity index (χ2v) is 4.27. The molecule has 0 unspecified atom stereocenters. The molecular formula is C13H17N3O. The number of rotatable bonds is 3. The average molecular weight is 231 g/mol. The molecule has 1 atom stereocenters. The molecule has 1 aliphatic heterocycles. The maximum Gasteiger partial charge on any atom is 0.0991 e. The maximum absolute atomic E-state index is 8.73. The highest BCUT2D eigenvalue weighted by Crippen LogP contribution is 2.10. The number of nitrogens with two attached hydrogens (primary N) is 1. The number of morpholine rings is 1. The summed E-state index contributed by atoms with van der Waals surface area (Å²) in [5.74, 6) is 0. The Morgan fingerprint density at radius 3 is 2.82 bits per heavy atom. The van der Waals surface area contributed by atoms with Gasteiger partial charge in [0.2, 0.25) is 0 Å². The molecule has 1 aliphatic rings. The monoisotopic (exact) mass is 231 g/mol. The third-order valence-electron chi connectivity index (χ3n) is 2.98. The van der Waals surface area contributed by atoms with Gasteiger partial charge in [0.1, 0.15) is 0 Å². The van der Waals surface area contributed by atoms with E-state index < -0.39 is 0 Å². The Bertz CT molecular complexity index is 396. The zero-order valence-corrected chi connectivity index (χ0v) is 9.80. The van der Waals surface area contributed by atoms with Crippen molar-refractivity contribution in [2.75, 3.05) is 26.2 Å². The van der Waals surface area contributed by atoms with Gasteiger partial charge in [0, 0.05) is 26.2 Å². The van der Waals surface area contributed by atoms with Crippen molar-refractivity contribution in [2.45, 2.75) is 12.6 Å². The number of nitrogens with zero attached hydrogens (tertiary/aromatic N) is 2. The Hall–Kier alpha value is -1.41. The molecule has 1 saturated heterocycles. The maximum atomic E-state index is 8.73. The molecule has 90 valence electrons. The normalized spacial score (nSPS) is 21.1. The van der Waals surface area contributed by atoms with Crippen LogP contribution in [-0.2, 0) is 11.3 Å². The van der Waals surface area contributed by atoms with E-state index in [0.717, 1.165) is 26.2 Å². The zero-order valence-electron chi connectivity index (χ0n) is 9.80. The van der Waals surface area contributed by atoms with E-state index in [9.17, 15) is 0 Å². The van der Waals surface area contributed by atoms with Crippen molar-refractivity contribution in [2.24, 2.45) is 5.73 Å². The Morgan fingerprint density at radius 1 is 1.41 bits per heavy atom. The lowest BCUT2D eigenvalue weighted by atomic mass is 10.1. The van der Waals surface area contributed by atoms with Crippen LogP contribution in [-0.4, -0.2) is 37.2 Å². The molecular weight excluding hydrogens is 214 g/mol. The first-order valence-electron chi connectivity index (χ1n) is 5.85. The van der Waals surface area contributed by atoms with E-state index in [1.165, 1.54) is 5.56 Å². The van der Waals surface area contributed by atoms with Crippen LogP contribution in [0.3, 0.4) is 0 Å². The smallest absolute Gasteiger partial charge is 0.0991 e. The van der Waals surface area contributed by atoms with Crippen LogP contribution in [0, 0.1) is 11.3 Å². The Labute approximate surface area is 102 Å². The van der Waals surface area contributed by atoms with Gasteiger partial charge in [0.05, 0.1) is 24.3 Å². The molecule has 4 heteroatoms. The fraction of sp³-hybridized carbons (Fsp3) is 0.462. The van der Waals surface area contributed by atoms with E-state index in [1.807, 2.05) is 24.3 Å². The van der Waals surface area contributed by atoms with Gasteiger partial charge < -0.3 is 10.5 Å². The lowest BCUT2D eigenvalue weighted by Crippen LogP contribution is -2.45. The quantitative estimate of drug-likeness (QED) is 0.832. The van der Waals surface area contributed by atoms with Crippen LogP contribution < -0.4 is 5.73 Å². The van der Waals surface area contributed by atoms with Gasteiger partial charge in [0.15, 0.2) is 0 Å². The van der Waals surface area contributed by atoms with E-state index in [0.29, 0.717) is 12.1 Å².